The number of hydrogen-bond acceptors (Lipinski definition) is 5. The third kappa shape index (κ3) is 1.25. The van der Waals surface area contributed by atoms with Gasteiger partial charge in [-0.3, -0.25) is 0 Å². The van der Waals surface area contributed by atoms with Gasteiger partial charge in [-0.15, -0.1) is 11.3 Å². The number of aromatic nitrogens is 2. The lowest BCUT2D eigenvalue weighted by Crippen LogP contribution is -2.34. The molecule has 3 heterocycles. The van der Waals surface area contributed by atoms with Gasteiger partial charge < -0.3 is 9.84 Å². The van der Waals surface area contributed by atoms with Crippen molar-refractivity contribution in [3.8, 4) is 10.7 Å². The quantitative estimate of drug-likeness (QED) is 0.816. The highest BCUT2D eigenvalue weighted by atomic mass is 32.1. The summed E-state index contributed by atoms with van der Waals surface area (Å²) in [5, 5.41) is 10.1. The van der Waals surface area contributed by atoms with E-state index in [1.54, 1.807) is 17.5 Å². The molecule has 1 aliphatic rings. The minimum absolute atomic E-state index is 0.358. The van der Waals surface area contributed by atoms with Gasteiger partial charge in [-0.2, -0.15) is 0 Å². The van der Waals surface area contributed by atoms with E-state index in [0.717, 1.165) is 29.4 Å². The van der Waals surface area contributed by atoms with E-state index in [4.69, 9.17) is 4.52 Å². The maximum atomic E-state index is 5.25. The second-order valence-electron chi connectivity index (χ2n) is 3.25. The van der Waals surface area contributed by atoms with Crippen LogP contribution in [0.25, 0.3) is 10.7 Å². The molecule has 5 heteroatoms. The zero-order valence-corrected chi connectivity index (χ0v) is 8.25. The molecule has 2 aromatic rings. The molecule has 1 saturated heterocycles. The third-order valence-electron chi connectivity index (χ3n) is 2.35. The summed E-state index contributed by atoms with van der Waals surface area (Å²) in [5.74, 6) is 0.918. The normalized spacial score (nSPS) is 20.7. The first-order valence-corrected chi connectivity index (χ1v) is 5.41. The second kappa shape index (κ2) is 3.18. The van der Waals surface area contributed by atoms with Crippen molar-refractivity contribution in [1.29, 1.82) is 0 Å². The first-order chi connectivity index (χ1) is 6.93. The van der Waals surface area contributed by atoms with E-state index in [0.29, 0.717) is 6.04 Å². The lowest BCUT2D eigenvalue weighted by atomic mass is 10.0. The van der Waals surface area contributed by atoms with Gasteiger partial charge >= 0.3 is 0 Å². The standard InChI is InChI=1S/C9H9N3OS/c1-2-10-6(1)8-5-7(12-13-8)9-11-3-4-14-9/h3-6,10H,1-2H2/t6-/m0/s1. The largest absolute Gasteiger partial charge is 0.359 e. The number of nitrogens with one attached hydrogen (secondary N) is 1. The average Bonchev–Trinajstić information content (AvgIpc) is 2.65. The highest BCUT2D eigenvalue weighted by Gasteiger charge is 2.23. The maximum Gasteiger partial charge on any atom is 0.154 e. The molecule has 1 fully saturated rings. The van der Waals surface area contributed by atoms with Gasteiger partial charge in [0.25, 0.3) is 0 Å². The zero-order chi connectivity index (χ0) is 9.38. The summed E-state index contributed by atoms with van der Waals surface area (Å²) in [6.07, 6.45) is 2.91. The first-order valence-electron chi connectivity index (χ1n) is 4.53. The molecule has 2 aromatic heterocycles. The summed E-state index contributed by atoms with van der Waals surface area (Å²) in [4.78, 5) is 4.18. The van der Waals surface area contributed by atoms with Crippen LogP contribution in [-0.2, 0) is 0 Å². The Balaban J connectivity index is 1.90. The molecule has 1 atom stereocenters. The highest BCUT2D eigenvalue weighted by molar-refractivity contribution is 7.13. The van der Waals surface area contributed by atoms with Crippen LogP contribution in [0.4, 0.5) is 0 Å². The van der Waals surface area contributed by atoms with Crippen molar-refractivity contribution in [3.63, 3.8) is 0 Å². The minimum Gasteiger partial charge on any atom is -0.359 e. The van der Waals surface area contributed by atoms with Gasteiger partial charge in [-0.05, 0) is 13.0 Å². The van der Waals surface area contributed by atoms with Crippen molar-refractivity contribution < 1.29 is 4.52 Å². The molecule has 0 aliphatic carbocycles. The van der Waals surface area contributed by atoms with Crippen LogP contribution in [0.3, 0.4) is 0 Å². The van der Waals surface area contributed by atoms with Crippen LogP contribution in [-0.4, -0.2) is 16.7 Å². The summed E-state index contributed by atoms with van der Waals surface area (Å²) in [6, 6.07) is 2.33. The van der Waals surface area contributed by atoms with E-state index in [1.165, 1.54) is 0 Å². The van der Waals surface area contributed by atoms with Gasteiger partial charge in [0.15, 0.2) is 5.76 Å². The Morgan fingerprint density at radius 1 is 1.57 bits per heavy atom. The predicted octanol–water partition coefficient (Wildman–Crippen LogP) is 1.83. The van der Waals surface area contributed by atoms with E-state index in [2.05, 4.69) is 15.5 Å². The Labute approximate surface area is 85.0 Å². The molecular formula is C9H9N3OS. The van der Waals surface area contributed by atoms with Crippen LogP contribution in [0.2, 0.25) is 0 Å². The number of rotatable bonds is 2. The Morgan fingerprint density at radius 3 is 3.14 bits per heavy atom. The van der Waals surface area contributed by atoms with Crippen molar-refractivity contribution in [1.82, 2.24) is 15.5 Å². The molecule has 0 saturated carbocycles. The average molecular weight is 207 g/mol. The van der Waals surface area contributed by atoms with Crippen molar-refractivity contribution in [2.75, 3.05) is 6.54 Å². The lowest BCUT2D eigenvalue weighted by Gasteiger charge is -2.24. The molecule has 3 rings (SSSR count). The molecule has 0 unspecified atom stereocenters. The van der Waals surface area contributed by atoms with Gasteiger partial charge in [0.2, 0.25) is 0 Å². The van der Waals surface area contributed by atoms with Gasteiger partial charge in [0.1, 0.15) is 10.7 Å². The summed E-state index contributed by atoms with van der Waals surface area (Å²) in [6.45, 7) is 1.07. The molecular weight excluding hydrogens is 198 g/mol. The summed E-state index contributed by atoms with van der Waals surface area (Å²) in [7, 11) is 0. The van der Waals surface area contributed by atoms with Crippen LogP contribution in [0, 0.1) is 0 Å². The van der Waals surface area contributed by atoms with Crippen LogP contribution < -0.4 is 5.32 Å². The SMILES string of the molecule is c1csc(-c2cc([C@@H]3CCN3)on2)n1. The fourth-order valence-corrected chi connectivity index (χ4v) is 2.03. The van der Waals surface area contributed by atoms with E-state index >= 15 is 0 Å². The van der Waals surface area contributed by atoms with Crippen molar-refractivity contribution in [2.45, 2.75) is 12.5 Å². The van der Waals surface area contributed by atoms with Gasteiger partial charge in [-0.1, -0.05) is 5.16 Å². The molecule has 0 aromatic carbocycles. The molecule has 0 radical (unpaired) electrons. The molecule has 4 nitrogen and oxygen atoms in total. The summed E-state index contributed by atoms with van der Waals surface area (Å²) < 4.78 is 5.25. The van der Waals surface area contributed by atoms with Crippen LogP contribution >= 0.6 is 11.3 Å². The van der Waals surface area contributed by atoms with E-state index in [-0.39, 0.29) is 0 Å². The number of thiazole rings is 1. The highest BCUT2D eigenvalue weighted by Crippen LogP contribution is 2.27. The maximum absolute atomic E-state index is 5.25. The smallest absolute Gasteiger partial charge is 0.154 e. The van der Waals surface area contributed by atoms with Crippen molar-refractivity contribution in [2.24, 2.45) is 0 Å². The number of nitrogens with zero attached hydrogens (tertiary/aromatic N) is 2. The lowest BCUT2D eigenvalue weighted by molar-refractivity contribution is 0.282. The second-order valence-corrected chi connectivity index (χ2v) is 4.14. The van der Waals surface area contributed by atoms with E-state index in [9.17, 15) is 0 Å². The molecule has 0 spiro atoms. The summed E-state index contributed by atoms with van der Waals surface area (Å²) >= 11 is 1.57. The van der Waals surface area contributed by atoms with Gasteiger partial charge in [0, 0.05) is 17.6 Å². The predicted molar refractivity (Wildman–Crippen MR) is 53.0 cm³/mol. The summed E-state index contributed by atoms with van der Waals surface area (Å²) in [5.41, 5.74) is 0.837. The van der Waals surface area contributed by atoms with E-state index in [1.807, 2.05) is 11.4 Å². The molecule has 72 valence electrons. The topological polar surface area (TPSA) is 51.0 Å². The Morgan fingerprint density at radius 2 is 2.50 bits per heavy atom. The Bertz CT molecular complexity index is 419. The Hall–Kier alpha value is -1.20. The van der Waals surface area contributed by atoms with Crippen LogP contribution in [0.1, 0.15) is 18.2 Å². The zero-order valence-electron chi connectivity index (χ0n) is 7.43. The van der Waals surface area contributed by atoms with Crippen molar-refractivity contribution >= 4 is 11.3 Å². The molecule has 14 heavy (non-hydrogen) atoms. The molecule has 1 aliphatic heterocycles. The number of hydrogen-bond donors (Lipinski definition) is 1. The van der Waals surface area contributed by atoms with Gasteiger partial charge in [0.05, 0.1) is 6.04 Å². The van der Waals surface area contributed by atoms with Gasteiger partial charge in [-0.25, -0.2) is 4.98 Å². The molecule has 0 bridgehead atoms. The van der Waals surface area contributed by atoms with Crippen LogP contribution in [0.15, 0.2) is 22.2 Å². The molecule has 0 amide bonds. The fraction of sp³-hybridized carbons (Fsp3) is 0.333. The third-order valence-corrected chi connectivity index (χ3v) is 3.14. The minimum atomic E-state index is 0.358. The molecule has 1 N–H and O–H groups in total. The first kappa shape index (κ1) is 8.14. The van der Waals surface area contributed by atoms with Crippen LogP contribution in [0.5, 0.6) is 0 Å². The fourth-order valence-electron chi connectivity index (χ4n) is 1.44. The Kier molecular flexibility index (Phi) is 1.85. The van der Waals surface area contributed by atoms with Crippen molar-refractivity contribution in [3.05, 3.63) is 23.4 Å². The van der Waals surface area contributed by atoms with E-state index < -0.39 is 0 Å². The monoisotopic (exact) mass is 207 g/mol.